The molecule has 4 nitrogen and oxygen atoms in total. The Labute approximate surface area is 129 Å². The summed E-state index contributed by atoms with van der Waals surface area (Å²) >= 11 is 5.79. The van der Waals surface area contributed by atoms with Gasteiger partial charge in [0.15, 0.2) is 0 Å². The molecule has 0 aliphatic carbocycles. The van der Waals surface area contributed by atoms with Crippen LogP contribution in [0.4, 0.5) is 4.39 Å². The maximum Gasteiger partial charge on any atom is 0.218 e. The average molecular weight is 336 g/mol. The number of aliphatic hydroxyl groups is 1. The molecule has 0 saturated carbocycles. The molecule has 1 aromatic carbocycles. The van der Waals surface area contributed by atoms with Crippen LogP contribution in [-0.2, 0) is 15.8 Å². The van der Waals surface area contributed by atoms with Crippen molar-refractivity contribution in [3.8, 4) is 0 Å². The van der Waals surface area contributed by atoms with Gasteiger partial charge >= 0.3 is 0 Å². The lowest BCUT2D eigenvalue weighted by Gasteiger charge is -2.33. The molecule has 118 valence electrons. The zero-order valence-electron chi connectivity index (χ0n) is 12.0. The SMILES string of the molecule is CC(C)(O)C1CCCN1S(=O)(=O)Cc1cc(Cl)ccc1F. The van der Waals surface area contributed by atoms with E-state index >= 15 is 0 Å². The van der Waals surface area contributed by atoms with Crippen molar-refractivity contribution in [2.45, 2.75) is 44.1 Å². The lowest BCUT2D eigenvalue weighted by Crippen LogP contribution is -2.48. The van der Waals surface area contributed by atoms with Gasteiger partial charge in [-0.05, 0) is 44.9 Å². The monoisotopic (exact) mass is 335 g/mol. The van der Waals surface area contributed by atoms with E-state index in [0.717, 1.165) is 6.07 Å². The molecule has 2 rings (SSSR count). The lowest BCUT2D eigenvalue weighted by molar-refractivity contribution is 0.0214. The van der Waals surface area contributed by atoms with Crippen LogP contribution in [0.15, 0.2) is 18.2 Å². The van der Waals surface area contributed by atoms with Gasteiger partial charge in [0.05, 0.1) is 17.4 Å². The van der Waals surface area contributed by atoms with E-state index in [2.05, 4.69) is 0 Å². The number of rotatable bonds is 4. The highest BCUT2D eigenvalue weighted by Gasteiger charge is 2.42. The lowest BCUT2D eigenvalue weighted by atomic mass is 9.98. The second kappa shape index (κ2) is 5.83. The van der Waals surface area contributed by atoms with Gasteiger partial charge in [0.1, 0.15) is 5.82 Å². The fraction of sp³-hybridized carbons (Fsp3) is 0.571. The number of nitrogens with zero attached hydrogens (tertiary/aromatic N) is 1. The Balaban J connectivity index is 2.28. The van der Waals surface area contributed by atoms with Crippen LogP contribution in [0.2, 0.25) is 5.02 Å². The van der Waals surface area contributed by atoms with E-state index in [1.54, 1.807) is 13.8 Å². The van der Waals surface area contributed by atoms with Crippen molar-refractivity contribution in [3.63, 3.8) is 0 Å². The maximum atomic E-state index is 13.7. The maximum absolute atomic E-state index is 13.7. The van der Waals surface area contributed by atoms with Crippen LogP contribution in [-0.4, -0.2) is 36.0 Å². The molecule has 0 bridgehead atoms. The Morgan fingerprint density at radius 2 is 2.14 bits per heavy atom. The van der Waals surface area contributed by atoms with E-state index in [-0.39, 0.29) is 5.56 Å². The van der Waals surface area contributed by atoms with Crippen LogP contribution in [0, 0.1) is 5.82 Å². The van der Waals surface area contributed by atoms with E-state index in [9.17, 15) is 17.9 Å². The van der Waals surface area contributed by atoms with Crippen LogP contribution in [0.5, 0.6) is 0 Å². The minimum atomic E-state index is -3.71. The minimum Gasteiger partial charge on any atom is -0.389 e. The number of halogens is 2. The van der Waals surface area contributed by atoms with Crippen molar-refractivity contribution in [2.75, 3.05) is 6.54 Å². The normalized spacial score (nSPS) is 20.9. The Morgan fingerprint density at radius 1 is 1.48 bits per heavy atom. The fourth-order valence-corrected chi connectivity index (χ4v) is 4.85. The van der Waals surface area contributed by atoms with Crippen molar-refractivity contribution in [1.82, 2.24) is 4.31 Å². The van der Waals surface area contributed by atoms with Crippen LogP contribution in [0.3, 0.4) is 0 Å². The van der Waals surface area contributed by atoms with Gasteiger partial charge in [0.25, 0.3) is 0 Å². The average Bonchev–Trinajstić information content (AvgIpc) is 2.83. The van der Waals surface area contributed by atoms with Gasteiger partial charge in [0.2, 0.25) is 10.0 Å². The Morgan fingerprint density at radius 3 is 2.76 bits per heavy atom. The third-order valence-corrected chi connectivity index (χ3v) is 5.78. The summed E-state index contributed by atoms with van der Waals surface area (Å²) < 4.78 is 40.1. The van der Waals surface area contributed by atoms with E-state index in [1.807, 2.05) is 0 Å². The van der Waals surface area contributed by atoms with Crippen LogP contribution < -0.4 is 0 Å². The molecule has 1 atom stereocenters. The van der Waals surface area contributed by atoms with Gasteiger partial charge in [-0.1, -0.05) is 11.6 Å². The van der Waals surface area contributed by atoms with Gasteiger partial charge in [-0.25, -0.2) is 12.8 Å². The molecule has 1 N–H and O–H groups in total. The fourth-order valence-electron chi connectivity index (χ4n) is 2.71. The summed E-state index contributed by atoms with van der Waals surface area (Å²) in [4.78, 5) is 0. The van der Waals surface area contributed by atoms with Crippen molar-refractivity contribution in [3.05, 3.63) is 34.6 Å². The zero-order chi connectivity index (χ0) is 15.8. The summed E-state index contributed by atoms with van der Waals surface area (Å²) in [5.74, 6) is -1.05. The molecule has 1 saturated heterocycles. The van der Waals surface area contributed by atoms with Crippen molar-refractivity contribution >= 4 is 21.6 Å². The first kappa shape index (κ1) is 16.7. The second-order valence-corrected chi connectivity index (χ2v) is 8.27. The largest absolute Gasteiger partial charge is 0.389 e. The number of sulfonamides is 1. The van der Waals surface area contributed by atoms with Gasteiger partial charge in [-0.3, -0.25) is 0 Å². The molecule has 1 aliphatic heterocycles. The van der Waals surface area contributed by atoms with Crippen molar-refractivity contribution < 1.29 is 17.9 Å². The van der Waals surface area contributed by atoms with Crippen LogP contribution >= 0.6 is 11.6 Å². The molecule has 1 unspecified atom stereocenters. The summed E-state index contributed by atoms with van der Waals surface area (Å²) in [5, 5.41) is 10.4. The van der Waals surface area contributed by atoms with Crippen LogP contribution in [0.1, 0.15) is 32.3 Å². The third kappa shape index (κ3) is 3.74. The van der Waals surface area contributed by atoms with Gasteiger partial charge < -0.3 is 5.11 Å². The third-order valence-electron chi connectivity index (χ3n) is 3.72. The number of hydrogen-bond donors (Lipinski definition) is 1. The summed E-state index contributed by atoms with van der Waals surface area (Å²) in [6, 6.07) is 3.38. The molecule has 0 aromatic heterocycles. The molecule has 0 amide bonds. The smallest absolute Gasteiger partial charge is 0.218 e. The van der Waals surface area contributed by atoms with Gasteiger partial charge in [-0.2, -0.15) is 4.31 Å². The number of benzene rings is 1. The quantitative estimate of drug-likeness (QED) is 0.920. The van der Waals surface area contributed by atoms with E-state index in [0.29, 0.717) is 24.4 Å². The van der Waals surface area contributed by atoms with E-state index < -0.39 is 33.2 Å². The number of hydrogen-bond acceptors (Lipinski definition) is 3. The molecule has 1 aromatic rings. The topological polar surface area (TPSA) is 57.6 Å². The first-order chi connectivity index (χ1) is 9.61. The first-order valence-corrected chi connectivity index (χ1v) is 8.76. The first-order valence-electron chi connectivity index (χ1n) is 6.77. The highest BCUT2D eigenvalue weighted by molar-refractivity contribution is 7.88. The summed E-state index contributed by atoms with van der Waals surface area (Å²) in [6.45, 7) is 3.52. The Hall–Kier alpha value is -0.690. The Bertz CT molecular complexity index is 628. The molecule has 1 heterocycles. The minimum absolute atomic E-state index is 0.0453. The predicted octanol–water partition coefficient (Wildman–Crippen LogP) is 2.54. The standard InChI is InChI=1S/C14H19ClFNO3S/c1-14(2,18)13-4-3-7-17(13)21(19,20)9-10-8-11(15)5-6-12(10)16/h5-6,8,13,18H,3-4,7,9H2,1-2H3. The van der Waals surface area contributed by atoms with Gasteiger partial charge in [0, 0.05) is 17.1 Å². The van der Waals surface area contributed by atoms with E-state index in [1.165, 1.54) is 16.4 Å². The van der Waals surface area contributed by atoms with E-state index in [4.69, 9.17) is 11.6 Å². The molecule has 1 aliphatic rings. The van der Waals surface area contributed by atoms with Crippen LogP contribution in [0.25, 0.3) is 0 Å². The second-order valence-electron chi connectivity index (χ2n) is 5.91. The molecule has 0 radical (unpaired) electrons. The van der Waals surface area contributed by atoms with Crippen molar-refractivity contribution in [2.24, 2.45) is 0 Å². The highest BCUT2D eigenvalue weighted by Crippen LogP contribution is 2.31. The highest BCUT2D eigenvalue weighted by atomic mass is 35.5. The summed E-state index contributed by atoms with van der Waals surface area (Å²) in [6.07, 6.45) is 1.28. The molecular formula is C14H19ClFNO3S. The molecular weight excluding hydrogens is 317 g/mol. The van der Waals surface area contributed by atoms with Gasteiger partial charge in [-0.15, -0.1) is 0 Å². The molecule has 0 spiro atoms. The predicted molar refractivity (Wildman–Crippen MR) is 80.1 cm³/mol. The molecule has 1 fully saturated rings. The Kier molecular flexibility index (Phi) is 4.63. The van der Waals surface area contributed by atoms with Crippen molar-refractivity contribution in [1.29, 1.82) is 0 Å². The zero-order valence-corrected chi connectivity index (χ0v) is 13.6. The molecule has 21 heavy (non-hydrogen) atoms. The molecule has 7 heteroatoms. The summed E-state index contributed by atoms with van der Waals surface area (Å²) in [5.41, 5.74) is -1.08. The summed E-state index contributed by atoms with van der Waals surface area (Å²) in [7, 11) is -3.71.